The van der Waals surface area contributed by atoms with Gasteiger partial charge in [0.05, 0.1) is 5.92 Å². The smallest absolute Gasteiger partial charge is 0.231 e. The quantitative estimate of drug-likeness (QED) is 0.930. The van der Waals surface area contributed by atoms with Gasteiger partial charge in [0.25, 0.3) is 0 Å². The van der Waals surface area contributed by atoms with Crippen molar-refractivity contribution in [1.29, 1.82) is 0 Å². The number of aliphatic hydroxyl groups excluding tert-OH is 1. The molecule has 0 aliphatic carbocycles. The number of nitrogens with zero attached hydrogens (tertiary/aromatic N) is 3. The summed E-state index contributed by atoms with van der Waals surface area (Å²) in [6, 6.07) is 8.54. The first-order chi connectivity index (χ1) is 10.2. The second-order valence-electron chi connectivity index (χ2n) is 5.91. The van der Waals surface area contributed by atoms with Crippen molar-refractivity contribution in [2.24, 2.45) is 5.92 Å². The Morgan fingerprint density at radius 2 is 2.19 bits per heavy atom. The summed E-state index contributed by atoms with van der Waals surface area (Å²) in [5, 5.41) is 13.5. The van der Waals surface area contributed by atoms with Crippen LogP contribution in [0.1, 0.15) is 28.8 Å². The fraction of sp³-hybridized carbons (Fsp3) is 0.500. The van der Waals surface area contributed by atoms with Gasteiger partial charge in [0.15, 0.2) is 5.82 Å². The monoisotopic (exact) mass is 287 g/mol. The Bertz CT molecular complexity index is 611. The van der Waals surface area contributed by atoms with Crippen LogP contribution < -0.4 is 0 Å². The van der Waals surface area contributed by atoms with E-state index in [0.29, 0.717) is 11.7 Å². The lowest BCUT2D eigenvalue weighted by Gasteiger charge is -2.15. The van der Waals surface area contributed by atoms with Crippen molar-refractivity contribution >= 4 is 0 Å². The van der Waals surface area contributed by atoms with Gasteiger partial charge in [-0.1, -0.05) is 35.0 Å². The molecule has 2 aromatic rings. The number of hydrogen-bond acceptors (Lipinski definition) is 5. The molecule has 2 atom stereocenters. The number of rotatable bonds is 4. The largest absolute Gasteiger partial charge is 0.396 e. The van der Waals surface area contributed by atoms with Crippen molar-refractivity contribution in [2.75, 3.05) is 19.7 Å². The minimum Gasteiger partial charge on any atom is -0.396 e. The molecule has 1 aromatic heterocycles. The van der Waals surface area contributed by atoms with E-state index in [-0.39, 0.29) is 18.4 Å². The third-order valence-corrected chi connectivity index (χ3v) is 4.10. The summed E-state index contributed by atoms with van der Waals surface area (Å²) in [6.45, 7) is 6.67. The summed E-state index contributed by atoms with van der Waals surface area (Å²) in [7, 11) is 0. The molecule has 1 aromatic carbocycles. The number of likely N-dealkylation sites (tertiary alicyclic amines) is 1. The number of hydrogen-bond donors (Lipinski definition) is 1. The second-order valence-corrected chi connectivity index (χ2v) is 5.91. The van der Waals surface area contributed by atoms with Crippen LogP contribution in [-0.2, 0) is 6.54 Å². The van der Waals surface area contributed by atoms with Crippen molar-refractivity contribution in [1.82, 2.24) is 15.0 Å². The highest BCUT2D eigenvalue weighted by molar-refractivity contribution is 5.22. The van der Waals surface area contributed by atoms with Gasteiger partial charge in [-0.2, -0.15) is 4.98 Å². The van der Waals surface area contributed by atoms with Crippen molar-refractivity contribution in [3.05, 3.63) is 47.1 Å². The zero-order valence-electron chi connectivity index (χ0n) is 12.5. The molecule has 0 bridgehead atoms. The van der Waals surface area contributed by atoms with E-state index in [1.807, 2.05) is 6.92 Å². The third-order valence-electron chi connectivity index (χ3n) is 4.10. The lowest BCUT2D eigenvalue weighted by molar-refractivity contribution is 0.205. The Labute approximate surface area is 124 Å². The van der Waals surface area contributed by atoms with Crippen LogP contribution in [-0.4, -0.2) is 39.8 Å². The van der Waals surface area contributed by atoms with Gasteiger partial charge in [-0.15, -0.1) is 0 Å². The van der Waals surface area contributed by atoms with Crippen molar-refractivity contribution in [3.8, 4) is 0 Å². The summed E-state index contributed by atoms with van der Waals surface area (Å²) in [5.74, 6) is 1.59. The zero-order chi connectivity index (χ0) is 14.8. The highest BCUT2D eigenvalue weighted by atomic mass is 16.5. The molecule has 1 aliphatic rings. The molecule has 1 N–H and O–H groups in total. The van der Waals surface area contributed by atoms with E-state index in [9.17, 15) is 5.11 Å². The van der Waals surface area contributed by atoms with Crippen molar-refractivity contribution < 1.29 is 9.63 Å². The van der Waals surface area contributed by atoms with Crippen molar-refractivity contribution in [3.63, 3.8) is 0 Å². The van der Waals surface area contributed by atoms with E-state index >= 15 is 0 Å². The summed E-state index contributed by atoms with van der Waals surface area (Å²) in [6.07, 6.45) is 0. The Morgan fingerprint density at radius 3 is 2.86 bits per heavy atom. The molecular weight excluding hydrogens is 266 g/mol. The standard InChI is InChI=1S/C16H21N3O2/c1-11-4-3-5-13(6-11)7-19-8-14(10-20)15(9-19)16-17-12(2)18-21-16/h3-6,14-15,20H,7-10H2,1-2H3/t14-,15+/m0/s1. The number of aromatic nitrogens is 2. The van der Waals surface area contributed by atoms with Gasteiger partial charge in [0.2, 0.25) is 5.89 Å². The maximum atomic E-state index is 9.62. The molecule has 2 heterocycles. The predicted molar refractivity (Wildman–Crippen MR) is 78.8 cm³/mol. The SMILES string of the molecule is Cc1cccc(CN2C[C@@H](CO)[C@H](c3nc(C)no3)C2)c1. The van der Waals surface area contributed by atoms with Crippen LogP contribution in [0.3, 0.4) is 0 Å². The Morgan fingerprint density at radius 1 is 1.33 bits per heavy atom. The summed E-state index contributed by atoms with van der Waals surface area (Å²) in [5.41, 5.74) is 2.57. The maximum absolute atomic E-state index is 9.62. The number of benzene rings is 1. The molecule has 0 saturated carbocycles. The lowest BCUT2D eigenvalue weighted by Crippen LogP contribution is -2.20. The van der Waals surface area contributed by atoms with E-state index in [1.165, 1.54) is 11.1 Å². The molecule has 1 saturated heterocycles. The Balaban J connectivity index is 1.72. The van der Waals surface area contributed by atoms with Crippen LogP contribution in [0, 0.1) is 19.8 Å². The minimum absolute atomic E-state index is 0.126. The first-order valence-electron chi connectivity index (χ1n) is 7.34. The Kier molecular flexibility index (Phi) is 4.03. The average molecular weight is 287 g/mol. The van der Waals surface area contributed by atoms with Crippen LogP contribution in [0.25, 0.3) is 0 Å². The van der Waals surface area contributed by atoms with Crippen LogP contribution in [0.15, 0.2) is 28.8 Å². The molecule has 1 fully saturated rings. The fourth-order valence-electron chi connectivity index (χ4n) is 3.09. The molecule has 21 heavy (non-hydrogen) atoms. The topological polar surface area (TPSA) is 62.4 Å². The lowest BCUT2D eigenvalue weighted by atomic mass is 9.97. The second kappa shape index (κ2) is 5.95. The van der Waals surface area contributed by atoms with E-state index in [0.717, 1.165) is 19.6 Å². The molecule has 5 heteroatoms. The first kappa shape index (κ1) is 14.2. The van der Waals surface area contributed by atoms with E-state index in [2.05, 4.69) is 46.2 Å². The molecule has 0 unspecified atom stereocenters. The van der Waals surface area contributed by atoms with Crippen LogP contribution >= 0.6 is 0 Å². The molecular formula is C16H21N3O2. The van der Waals surface area contributed by atoms with Crippen LogP contribution in [0.5, 0.6) is 0 Å². The highest BCUT2D eigenvalue weighted by Crippen LogP contribution is 2.32. The van der Waals surface area contributed by atoms with Gasteiger partial charge < -0.3 is 9.63 Å². The molecule has 3 rings (SSSR count). The number of aliphatic hydroxyl groups is 1. The van der Waals surface area contributed by atoms with E-state index < -0.39 is 0 Å². The third kappa shape index (κ3) is 3.14. The molecule has 1 aliphatic heterocycles. The summed E-state index contributed by atoms with van der Waals surface area (Å²) >= 11 is 0. The fourth-order valence-corrected chi connectivity index (χ4v) is 3.09. The average Bonchev–Trinajstić information content (AvgIpc) is 3.05. The summed E-state index contributed by atoms with van der Waals surface area (Å²) < 4.78 is 5.30. The van der Waals surface area contributed by atoms with Crippen LogP contribution in [0.2, 0.25) is 0 Å². The highest BCUT2D eigenvalue weighted by Gasteiger charge is 2.36. The minimum atomic E-state index is 0.126. The molecule has 0 spiro atoms. The molecule has 0 radical (unpaired) electrons. The van der Waals surface area contributed by atoms with E-state index in [1.54, 1.807) is 0 Å². The van der Waals surface area contributed by atoms with Gasteiger partial charge in [0.1, 0.15) is 0 Å². The molecule has 0 amide bonds. The maximum Gasteiger partial charge on any atom is 0.231 e. The van der Waals surface area contributed by atoms with Gasteiger partial charge in [-0.25, -0.2) is 0 Å². The normalized spacial score (nSPS) is 22.8. The summed E-state index contributed by atoms with van der Waals surface area (Å²) in [4.78, 5) is 6.68. The zero-order valence-corrected chi connectivity index (χ0v) is 12.5. The van der Waals surface area contributed by atoms with Gasteiger partial charge in [-0.3, -0.25) is 4.90 Å². The predicted octanol–water partition coefficient (Wildman–Crippen LogP) is 1.89. The first-order valence-corrected chi connectivity index (χ1v) is 7.34. The van der Waals surface area contributed by atoms with Crippen molar-refractivity contribution in [2.45, 2.75) is 26.3 Å². The number of aryl methyl sites for hydroxylation is 2. The molecule has 112 valence electrons. The van der Waals surface area contributed by atoms with Gasteiger partial charge in [0, 0.05) is 32.2 Å². The Hall–Kier alpha value is -1.72. The van der Waals surface area contributed by atoms with E-state index in [4.69, 9.17) is 4.52 Å². The van der Waals surface area contributed by atoms with Crippen LogP contribution in [0.4, 0.5) is 0 Å². The molecule has 5 nitrogen and oxygen atoms in total. The van der Waals surface area contributed by atoms with Gasteiger partial charge in [-0.05, 0) is 19.4 Å². The van der Waals surface area contributed by atoms with Gasteiger partial charge >= 0.3 is 0 Å².